The molecule has 1 aromatic heterocycles. The van der Waals surface area contributed by atoms with E-state index >= 15 is 0 Å². The Kier molecular flexibility index (Phi) is 5.18. The molecule has 1 saturated heterocycles. The first kappa shape index (κ1) is 13.9. The zero-order valence-corrected chi connectivity index (χ0v) is 11.7. The van der Waals surface area contributed by atoms with Gasteiger partial charge < -0.3 is 5.32 Å². The molecule has 1 unspecified atom stereocenters. The van der Waals surface area contributed by atoms with Crippen LogP contribution in [0.5, 0.6) is 0 Å². The van der Waals surface area contributed by atoms with Gasteiger partial charge in [-0.2, -0.15) is 0 Å². The van der Waals surface area contributed by atoms with E-state index in [1.54, 1.807) is 0 Å². The van der Waals surface area contributed by atoms with Crippen LogP contribution in [0.1, 0.15) is 22.5 Å². The van der Waals surface area contributed by atoms with Crippen LogP contribution in [0.25, 0.3) is 0 Å². The quantitative estimate of drug-likeness (QED) is 0.883. The van der Waals surface area contributed by atoms with E-state index in [0.717, 1.165) is 26.2 Å². The third-order valence-corrected chi connectivity index (χ3v) is 4.04. The van der Waals surface area contributed by atoms with Crippen molar-refractivity contribution in [1.82, 2.24) is 15.2 Å². The first-order valence-electron chi connectivity index (χ1n) is 5.54. The Labute approximate surface area is 108 Å². The molecule has 0 aromatic carbocycles. The molecular weight excluding hydrogens is 242 g/mol. The number of piperazine rings is 1. The molecule has 1 N–H and O–H groups in total. The number of halogens is 1. The van der Waals surface area contributed by atoms with Gasteiger partial charge in [-0.15, -0.1) is 23.7 Å². The second kappa shape index (κ2) is 5.96. The monoisotopic (exact) mass is 261 g/mol. The summed E-state index contributed by atoms with van der Waals surface area (Å²) in [6, 6.07) is 0.639. The Balaban J connectivity index is 0.00000128. The maximum atomic E-state index is 4.48. The van der Waals surface area contributed by atoms with E-state index in [1.807, 2.05) is 11.3 Å². The van der Waals surface area contributed by atoms with Crippen LogP contribution in [0, 0.1) is 13.8 Å². The minimum absolute atomic E-state index is 0. The van der Waals surface area contributed by atoms with E-state index in [0.29, 0.717) is 6.04 Å². The molecule has 3 nitrogen and oxygen atoms in total. The second-order valence-electron chi connectivity index (χ2n) is 4.27. The maximum Gasteiger partial charge on any atom is 0.0900 e. The molecule has 2 rings (SSSR count). The molecule has 1 aromatic rings. The average Bonchev–Trinajstić information content (AvgIpc) is 2.49. The molecule has 1 fully saturated rings. The van der Waals surface area contributed by atoms with Crippen LogP contribution in [0.2, 0.25) is 0 Å². The molecule has 0 aliphatic carbocycles. The molecule has 92 valence electrons. The van der Waals surface area contributed by atoms with Gasteiger partial charge in [0.05, 0.1) is 10.7 Å². The molecule has 1 aliphatic rings. The molecule has 0 saturated carbocycles. The van der Waals surface area contributed by atoms with E-state index in [1.165, 1.54) is 15.6 Å². The Morgan fingerprint density at radius 3 is 2.81 bits per heavy atom. The van der Waals surface area contributed by atoms with Gasteiger partial charge in [-0.25, -0.2) is 4.98 Å². The highest BCUT2D eigenvalue weighted by molar-refractivity contribution is 7.11. The topological polar surface area (TPSA) is 28.2 Å². The van der Waals surface area contributed by atoms with Gasteiger partial charge in [-0.1, -0.05) is 0 Å². The number of nitrogens with zero attached hydrogens (tertiary/aromatic N) is 2. The van der Waals surface area contributed by atoms with Crippen molar-refractivity contribution in [3.63, 3.8) is 0 Å². The van der Waals surface area contributed by atoms with Crippen molar-refractivity contribution in [2.75, 3.05) is 19.6 Å². The summed E-state index contributed by atoms with van der Waals surface area (Å²) in [4.78, 5) is 8.45. The number of hydrogen-bond acceptors (Lipinski definition) is 4. The van der Waals surface area contributed by atoms with Crippen LogP contribution in [0.15, 0.2) is 0 Å². The molecule has 0 bridgehead atoms. The van der Waals surface area contributed by atoms with E-state index in [4.69, 9.17) is 0 Å². The molecule has 16 heavy (non-hydrogen) atoms. The summed E-state index contributed by atoms with van der Waals surface area (Å²) in [6.45, 7) is 10.9. The van der Waals surface area contributed by atoms with Crippen LogP contribution in [0.3, 0.4) is 0 Å². The highest BCUT2D eigenvalue weighted by Gasteiger charge is 2.19. The zero-order valence-electron chi connectivity index (χ0n) is 10.1. The second-order valence-corrected chi connectivity index (χ2v) is 5.55. The number of rotatable bonds is 2. The van der Waals surface area contributed by atoms with E-state index in [-0.39, 0.29) is 12.4 Å². The molecule has 0 spiro atoms. The number of nitrogens with one attached hydrogen (secondary N) is 1. The van der Waals surface area contributed by atoms with Gasteiger partial charge in [0.1, 0.15) is 0 Å². The van der Waals surface area contributed by atoms with Crippen LogP contribution in [0.4, 0.5) is 0 Å². The van der Waals surface area contributed by atoms with Crippen molar-refractivity contribution in [1.29, 1.82) is 0 Å². The Hall–Kier alpha value is -0.160. The van der Waals surface area contributed by atoms with Crippen molar-refractivity contribution in [2.45, 2.75) is 33.4 Å². The highest BCUT2D eigenvalue weighted by atomic mass is 35.5. The van der Waals surface area contributed by atoms with Crippen LogP contribution in [-0.2, 0) is 6.54 Å². The maximum absolute atomic E-state index is 4.48. The van der Waals surface area contributed by atoms with Gasteiger partial charge in [0.15, 0.2) is 0 Å². The van der Waals surface area contributed by atoms with Crippen molar-refractivity contribution >= 4 is 23.7 Å². The van der Waals surface area contributed by atoms with Crippen molar-refractivity contribution in [3.05, 3.63) is 15.6 Å². The summed E-state index contributed by atoms with van der Waals surface area (Å²) in [5.41, 5.74) is 1.21. The third kappa shape index (κ3) is 3.17. The van der Waals surface area contributed by atoms with E-state index in [9.17, 15) is 0 Å². The number of aromatic nitrogens is 1. The minimum Gasteiger partial charge on any atom is -0.314 e. The largest absolute Gasteiger partial charge is 0.314 e. The summed E-state index contributed by atoms with van der Waals surface area (Å²) in [6.07, 6.45) is 0. The molecule has 1 atom stereocenters. The van der Waals surface area contributed by atoms with Crippen LogP contribution in [-0.4, -0.2) is 35.6 Å². The average molecular weight is 262 g/mol. The fourth-order valence-corrected chi connectivity index (χ4v) is 2.99. The molecule has 2 heterocycles. The fraction of sp³-hybridized carbons (Fsp3) is 0.727. The van der Waals surface area contributed by atoms with E-state index in [2.05, 4.69) is 36.0 Å². The Morgan fingerprint density at radius 1 is 1.50 bits per heavy atom. The molecular formula is C11H20ClN3S. The third-order valence-electron chi connectivity index (χ3n) is 2.99. The normalized spacial score (nSPS) is 21.8. The Morgan fingerprint density at radius 2 is 2.25 bits per heavy atom. The van der Waals surface area contributed by atoms with Gasteiger partial charge in [0, 0.05) is 37.1 Å². The minimum atomic E-state index is 0. The van der Waals surface area contributed by atoms with Crippen molar-refractivity contribution < 1.29 is 0 Å². The predicted molar refractivity (Wildman–Crippen MR) is 71.6 cm³/mol. The van der Waals surface area contributed by atoms with Gasteiger partial charge in [0.2, 0.25) is 0 Å². The lowest BCUT2D eigenvalue weighted by molar-refractivity contribution is 0.167. The van der Waals surface area contributed by atoms with Crippen molar-refractivity contribution in [3.8, 4) is 0 Å². The highest BCUT2D eigenvalue weighted by Crippen LogP contribution is 2.20. The summed E-state index contributed by atoms with van der Waals surface area (Å²) >= 11 is 1.84. The van der Waals surface area contributed by atoms with Crippen molar-refractivity contribution in [2.24, 2.45) is 0 Å². The summed E-state index contributed by atoms with van der Waals surface area (Å²) < 4.78 is 0. The molecule has 5 heteroatoms. The fourth-order valence-electron chi connectivity index (χ4n) is 2.02. The van der Waals surface area contributed by atoms with Gasteiger partial charge in [-0.05, 0) is 20.8 Å². The number of aryl methyl sites for hydroxylation is 2. The lowest BCUT2D eigenvalue weighted by atomic mass is 10.2. The van der Waals surface area contributed by atoms with Crippen LogP contribution < -0.4 is 5.32 Å². The summed E-state index contributed by atoms with van der Waals surface area (Å²) in [7, 11) is 0. The summed E-state index contributed by atoms with van der Waals surface area (Å²) in [5.74, 6) is 0. The SMILES string of the molecule is Cc1nc(C)c(CN2CCNCC2C)s1.Cl. The van der Waals surface area contributed by atoms with Gasteiger partial charge in [-0.3, -0.25) is 4.90 Å². The first-order valence-corrected chi connectivity index (χ1v) is 6.36. The van der Waals surface area contributed by atoms with E-state index < -0.39 is 0 Å². The number of hydrogen-bond donors (Lipinski definition) is 1. The molecule has 1 aliphatic heterocycles. The standard InChI is InChI=1S/C11H19N3S.ClH/c1-8-6-12-4-5-14(8)7-11-9(2)13-10(3)15-11;/h8,12H,4-7H2,1-3H3;1H. The number of thiazole rings is 1. The zero-order chi connectivity index (χ0) is 10.8. The molecule has 0 amide bonds. The lowest BCUT2D eigenvalue weighted by Crippen LogP contribution is -2.49. The van der Waals surface area contributed by atoms with Gasteiger partial charge >= 0.3 is 0 Å². The lowest BCUT2D eigenvalue weighted by Gasteiger charge is -2.33. The van der Waals surface area contributed by atoms with Crippen LogP contribution >= 0.6 is 23.7 Å². The van der Waals surface area contributed by atoms with Gasteiger partial charge in [0.25, 0.3) is 0 Å². The molecule has 0 radical (unpaired) electrons. The summed E-state index contributed by atoms with van der Waals surface area (Å²) in [5, 5.41) is 4.60. The smallest absolute Gasteiger partial charge is 0.0900 e. The predicted octanol–water partition coefficient (Wildman–Crippen LogP) is 1.98. The first-order chi connectivity index (χ1) is 7.16. The Bertz CT molecular complexity index is 340.